The Morgan fingerprint density at radius 2 is 2.08 bits per heavy atom. The lowest BCUT2D eigenvalue weighted by molar-refractivity contribution is 0.425. The summed E-state index contributed by atoms with van der Waals surface area (Å²) in [4.78, 5) is 6.74. The van der Waals surface area contributed by atoms with Crippen LogP contribution in [-0.4, -0.2) is 18.1 Å². The molecule has 1 aliphatic heterocycles. The lowest BCUT2D eigenvalue weighted by atomic mass is 9.77. The minimum atomic E-state index is 0.338. The second-order valence-corrected chi connectivity index (χ2v) is 6.71. The Morgan fingerprint density at radius 1 is 1.21 bits per heavy atom. The highest BCUT2D eigenvalue weighted by Crippen LogP contribution is 2.50. The van der Waals surface area contributed by atoms with Gasteiger partial charge in [-0.2, -0.15) is 0 Å². The maximum absolute atomic E-state index is 4.32. The zero-order valence-corrected chi connectivity index (χ0v) is 14.4. The minimum Gasteiger partial charge on any atom is -0.378 e. The van der Waals surface area contributed by atoms with E-state index in [0.717, 1.165) is 19.5 Å². The molecular weight excluding hydrogens is 294 g/mol. The predicted molar refractivity (Wildman–Crippen MR) is 101 cm³/mol. The molecule has 2 aliphatic rings. The fourth-order valence-corrected chi connectivity index (χ4v) is 4.26. The molecule has 0 saturated heterocycles. The zero-order valence-electron chi connectivity index (χ0n) is 14.4. The average molecular weight is 319 g/mol. The Morgan fingerprint density at radius 3 is 2.83 bits per heavy atom. The summed E-state index contributed by atoms with van der Waals surface area (Å²) in [5, 5.41) is 3.79. The Bertz CT molecular complexity index is 734. The van der Waals surface area contributed by atoms with Crippen LogP contribution in [0, 0.1) is 5.92 Å². The van der Waals surface area contributed by atoms with E-state index in [1.165, 1.54) is 22.5 Å². The van der Waals surface area contributed by atoms with Crippen LogP contribution in [0.25, 0.3) is 0 Å². The number of pyridine rings is 1. The zero-order chi connectivity index (χ0) is 16.5. The van der Waals surface area contributed by atoms with Crippen molar-refractivity contribution < 1.29 is 0 Å². The first-order chi connectivity index (χ1) is 11.8. The van der Waals surface area contributed by atoms with E-state index < -0.39 is 0 Å². The molecule has 0 radical (unpaired) electrons. The monoisotopic (exact) mass is 319 g/mol. The highest BCUT2D eigenvalue weighted by atomic mass is 15.1. The lowest BCUT2D eigenvalue weighted by Crippen LogP contribution is -2.29. The molecule has 0 amide bonds. The fraction of sp³-hybridized carbons (Fsp3) is 0.381. The number of nitrogens with one attached hydrogen (secondary N) is 1. The first kappa shape index (κ1) is 15.3. The summed E-state index contributed by atoms with van der Waals surface area (Å²) >= 11 is 0. The third kappa shape index (κ3) is 2.48. The van der Waals surface area contributed by atoms with Gasteiger partial charge in [-0.25, -0.2) is 0 Å². The van der Waals surface area contributed by atoms with E-state index in [2.05, 4.69) is 65.5 Å². The minimum absolute atomic E-state index is 0.338. The molecule has 1 aromatic heterocycles. The van der Waals surface area contributed by atoms with E-state index in [-0.39, 0.29) is 0 Å². The van der Waals surface area contributed by atoms with Gasteiger partial charge >= 0.3 is 0 Å². The van der Waals surface area contributed by atoms with E-state index in [9.17, 15) is 0 Å². The molecule has 3 unspecified atom stereocenters. The number of aromatic nitrogens is 1. The maximum Gasteiger partial charge on any atom is 0.0569 e. The number of fused-ring (bicyclic) bond motifs is 3. The van der Waals surface area contributed by atoms with Gasteiger partial charge in [0, 0.05) is 42.8 Å². The van der Waals surface area contributed by atoms with Crippen LogP contribution in [0.5, 0.6) is 0 Å². The van der Waals surface area contributed by atoms with Crippen LogP contribution in [0.4, 0.5) is 11.4 Å². The second kappa shape index (κ2) is 6.31. The van der Waals surface area contributed by atoms with Gasteiger partial charge in [0.1, 0.15) is 0 Å². The van der Waals surface area contributed by atoms with Crippen molar-refractivity contribution in [3.8, 4) is 0 Å². The third-order valence-corrected chi connectivity index (χ3v) is 5.52. The molecule has 1 N–H and O–H groups in total. The van der Waals surface area contributed by atoms with Crippen molar-refractivity contribution in [2.24, 2.45) is 5.92 Å². The van der Waals surface area contributed by atoms with Crippen LogP contribution in [0.2, 0.25) is 0 Å². The summed E-state index contributed by atoms with van der Waals surface area (Å²) in [5.74, 6) is 1.08. The van der Waals surface area contributed by atoms with Crippen LogP contribution in [0.1, 0.15) is 43.4 Å². The second-order valence-electron chi connectivity index (χ2n) is 6.71. The summed E-state index contributed by atoms with van der Waals surface area (Å²) in [6, 6.07) is 11.5. The smallest absolute Gasteiger partial charge is 0.0569 e. The number of allylic oxidation sites excluding steroid dienone is 2. The van der Waals surface area contributed by atoms with Crippen molar-refractivity contribution in [2.75, 3.05) is 23.3 Å². The number of benzene rings is 1. The molecule has 24 heavy (non-hydrogen) atoms. The topological polar surface area (TPSA) is 28.2 Å². The van der Waals surface area contributed by atoms with Crippen LogP contribution < -0.4 is 10.2 Å². The van der Waals surface area contributed by atoms with Crippen molar-refractivity contribution in [2.45, 2.75) is 32.2 Å². The molecule has 3 nitrogen and oxygen atoms in total. The number of rotatable bonds is 4. The number of hydrogen-bond donors (Lipinski definition) is 1. The Balaban J connectivity index is 1.73. The fourth-order valence-electron chi connectivity index (χ4n) is 4.26. The molecule has 124 valence electrons. The summed E-state index contributed by atoms with van der Waals surface area (Å²) in [6.07, 6.45) is 9.73. The molecule has 0 spiro atoms. The van der Waals surface area contributed by atoms with Gasteiger partial charge in [0.2, 0.25) is 0 Å². The van der Waals surface area contributed by atoms with Gasteiger partial charge < -0.3 is 10.2 Å². The average Bonchev–Trinajstić information content (AvgIpc) is 3.13. The molecular formula is C21H25N3. The van der Waals surface area contributed by atoms with Crippen LogP contribution in [0.15, 0.2) is 54.9 Å². The standard InChI is InChI=1S/C21H25N3/c1-3-24(4-2)16-10-11-20-19(13-16)17-8-5-9-18(17)21(23-20)15-7-6-12-22-14-15/h5-8,10-14,17-18,21,23H,3-4,9H2,1-2H3. The van der Waals surface area contributed by atoms with Gasteiger partial charge in [-0.05, 0) is 61.6 Å². The van der Waals surface area contributed by atoms with Crippen LogP contribution in [-0.2, 0) is 0 Å². The van der Waals surface area contributed by atoms with E-state index >= 15 is 0 Å². The van der Waals surface area contributed by atoms with Gasteiger partial charge in [-0.1, -0.05) is 18.2 Å². The van der Waals surface area contributed by atoms with Crippen LogP contribution in [0.3, 0.4) is 0 Å². The molecule has 0 saturated carbocycles. The van der Waals surface area contributed by atoms with Gasteiger partial charge in [-0.3, -0.25) is 4.98 Å². The van der Waals surface area contributed by atoms with E-state index in [0.29, 0.717) is 17.9 Å². The summed E-state index contributed by atoms with van der Waals surface area (Å²) in [5.41, 5.74) is 5.33. The molecule has 1 aliphatic carbocycles. The van der Waals surface area contributed by atoms with Crippen molar-refractivity contribution >= 4 is 11.4 Å². The molecule has 2 heterocycles. The highest BCUT2D eigenvalue weighted by molar-refractivity contribution is 5.65. The third-order valence-electron chi connectivity index (χ3n) is 5.52. The van der Waals surface area contributed by atoms with Crippen molar-refractivity contribution in [1.82, 2.24) is 4.98 Å². The van der Waals surface area contributed by atoms with E-state index in [1.54, 1.807) is 0 Å². The van der Waals surface area contributed by atoms with Crippen molar-refractivity contribution in [1.29, 1.82) is 0 Å². The van der Waals surface area contributed by atoms with Gasteiger partial charge in [-0.15, -0.1) is 0 Å². The SMILES string of the molecule is CCN(CC)c1ccc2c(c1)C1C=CCC1C(c1cccnc1)N2. The van der Waals surface area contributed by atoms with Gasteiger partial charge in [0.15, 0.2) is 0 Å². The molecule has 3 heteroatoms. The summed E-state index contributed by atoms with van der Waals surface area (Å²) in [6.45, 7) is 6.53. The lowest BCUT2D eigenvalue weighted by Gasteiger charge is -2.38. The molecule has 2 aromatic rings. The summed E-state index contributed by atoms with van der Waals surface area (Å²) in [7, 11) is 0. The van der Waals surface area contributed by atoms with E-state index in [4.69, 9.17) is 0 Å². The van der Waals surface area contributed by atoms with Crippen LogP contribution >= 0.6 is 0 Å². The maximum atomic E-state index is 4.32. The molecule has 3 atom stereocenters. The van der Waals surface area contributed by atoms with Crippen molar-refractivity contribution in [3.63, 3.8) is 0 Å². The quantitative estimate of drug-likeness (QED) is 0.824. The number of hydrogen-bond acceptors (Lipinski definition) is 3. The summed E-state index contributed by atoms with van der Waals surface area (Å²) < 4.78 is 0. The van der Waals surface area contributed by atoms with Crippen molar-refractivity contribution in [3.05, 3.63) is 66.0 Å². The Kier molecular flexibility index (Phi) is 4.01. The molecule has 1 aromatic carbocycles. The number of anilines is 2. The highest BCUT2D eigenvalue weighted by Gasteiger charge is 2.38. The first-order valence-electron chi connectivity index (χ1n) is 9.03. The van der Waals surface area contributed by atoms with Gasteiger partial charge in [0.25, 0.3) is 0 Å². The predicted octanol–water partition coefficient (Wildman–Crippen LogP) is 4.75. The number of nitrogens with zero attached hydrogens (tertiary/aromatic N) is 2. The van der Waals surface area contributed by atoms with Gasteiger partial charge in [0.05, 0.1) is 6.04 Å². The van der Waals surface area contributed by atoms with E-state index in [1.807, 2.05) is 18.5 Å². The molecule has 0 bridgehead atoms. The normalized spacial score (nSPS) is 24.2. The Labute approximate surface area is 144 Å². The Hall–Kier alpha value is -2.29. The molecule has 4 rings (SSSR count). The largest absolute Gasteiger partial charge is 0.378 e. The first-order valence-corrected chi connectivity index (χ1v) is 9.03. The molecule has 0 fully saturated rings.